The second kappa shape index (κ2) is 12.0. The molecule has 4 aromatic rings. The number of carbonyl (C=O) groups excluding carboxylic acids is 2. The molecule has 1 aromatic heterocycles. The maximum atomic E-state index is 13.9. The standard InChI is InChI=1S/C31H33FN4O2/c32-25-17-15-24(16-18-25)31(38)33-20-19-29-34-27-13-7-8-14-28(27)36(29)22-30(37)35(26-11-5-2-6-12-26)21-23-9-3-1-4-10-23/h1,3-4,7-10,13-18,26H,2,5-6,11-12,19-22H2,(H,33,38). The number of para-hydroxylation sites is 2. The SMILES string of the molecule is O=C(NCCc1nc2ccccc2n1CC(=O)N(Cc1ccccc1)C1CCCCC1)c1ccc(F)cc1. The van der Waals surface area contributed by atoms with Crippen molar-refractivity contribution in [3.63, 3.8) is 0 Å². The summed E-state index contributed by atoms with van der Waals surface area (Å²) in [5.74, 6) is 0.187. The first-order valence-electron chi connectivity index (χ1n) is 13.4. The van der Waals surface area contributed by atoms with Crippen molar-refractivity contribution in [3.8, 4) is 0 Å². The van der Waals surface area contributed by atoms with Crippen molar-refractivity contribution in [2.24, 2.45) is 0 Å². The summed E-state index contributed by atoms with van der Waals surface area (Å²) in [5.41, 5.74) is 3.27. The summed E-state index contributed by atoms with van der Waals surface area (Å²) in [5, 5.41) is 2.89. The van der Waals surface area contributed by atoms with Crippen LogP contribution in [0, 0.1) is 5.82 Å². The first kappa shape index (κ1) is 25.6. The average molecular weight is 513 g/mol. The molecule has 0 saturated heterocycles. The molecule has 6 nitrogen and oxygen atoms in total. The third-order valence-corrected chi connectivity index (χ3v) is 7.30. The van der Waals surface area contributed by atoms with Gasteiger partial charge in [-0.3, -0.25) is 9.59 Å². The molecule has 3 aromatic carbocycles. The lowest BCUT2D eigenvalue weighted by Crippen LogP contribution is -2.42. The molecule has 196 valence electrons. The highest BCUT2D eigenvalue weighted by Gasteiger charge is 2.27. The van der Waals surface area contributed by atoms with Crippen LogP contribution in [-0.4, -0.2) is 38.9 Å². The summed E-state index contributed by atoms with van der Waals surface area (Å²) < 4.78 is 15.2. The molecule has 0 unspecified atom stereocenters. The second-order valence-corrected chi connectivity index (χ2v) is 9.91. The average Bonchev–Trinajstić information content (AvgIpc) is 3.30. The lowest BCUT2D eigenvalue weighted by atomic mass is 9.93. The zero-order chi connectivity index (χ0) is 26.3. The van der Waals surface area contributed by atoms with E-state index >= 15 is 0 Å². The molecule has 7 heteroatoms. The Labute approximate surface area is 222 Å². The summed E-state index contributed by atoms with van der Waals surface area (Å²) in [6, 6.07) is 23.7. The van der Waals surface area contributed by atoms with Gasteiger partial charge in [-0.25, -0.2) is 9.37 Å². The predicted octanol–water partition coefficient (Wildman–Crippen LogP) is 5.51. The Balaban J connectivity index is 1.34. The van der Waals surface area contributed by atoms with E-state index in [-0.39, 0.29) is 30.2 Å². The lowest BCUT2D eigenvalue weighted by Gasteiger charge is -2.35. The molecule has 0 aliphatic heterocycles. The van der Waals surface area contributed by atoms with Crippen molar-refractivity contribution >= 4 is 22.8 Å². The quantitative estimate of drug-likeness (QED) is 0.322. The van der Waals surface area contributed by atoms with E-state index in [1.165, 1.54) is 30.7 Å². The van der Waals surface area contributed by atoms with Gasteiger partial charge in [0.2, 0.25) is 5.91 Å². The van der Waals surface area contributed by atoms with E-state index in [0.29, 0.717) is 25.1 Å². The number of amides is 2. The van der Waals surface area contributed by atoms with Gasteiger partial charge in [-0.2, -0.15) is 0 Å². The Hall–Kier alpha value is -4.00. The van der Waals surface area contributed by atoms with Crippen molar-refractivity contribution in [2.45, 2.75) is 57.7 Å². The van der Waals surface area contributed by atoms with Crippen LogP contribution >= 0.6 is 0 Å². The van der Waals surface area contributed by atoms with Crippen molar-refractivity contribution in [1.82, 2.24) is 19.8 Å². The second-order valence-electron chi connectivity index (χ2n) is 9.91. The summed E-state index contributed by atoms with van der Waals surface area (Å²) >= 11 is 0. The van der Waals surface area contributed by atoms with Gasteiger partial charge in [0.25, 0.3) is 5.91 Å². The van der Waals surface area contributed by atoms with E-state index < -0.39 is 0 Å². The van der Waals surface area contributed by atoms with Gasteiger partial charge in [-0.05, 0) is 54.8 Å². The maximum absolute atomic E-state index is 13.9. The van der Waals surface area contributed by atoms with Gasteiger partial charge in [0, 0.05) is 31.1 Å². The van der Waals surface area contributed by atoms with Gasteiger partial charge in [-0.1, -0.05) is 61.7 Å². The van der Waals surface area contributed by atoms with E-state index in [1.807, 2.05) is 47.0 Å². The molecular formula is C31H33FN4O2. The van der Waals surface area contributed by atoms with Crippen LogP contribution in [0.5, 0.6) is 0 Å². The molecule has 0 bridgehead atoms. The minimum atomic E-state index is -0.380. The molecule has 1 aliphatic carbocycles. The minimum Gasteiger partial charge on any atom is -0.352 e. The number of benzene rings is 3. The molecule has 0 atom stereocenters. The fraction of sp³-hybridized carbons (Fsp3) is 0.323. The number of nitrogens with one attached hydrogen (secondary N) is 1. The number of carbonyl (C=O) groups is 2. The first-order chi connectivity index (χ1) is 18.6. The molecule has 1 saturated carbocycles. The molecular weight excluding hydrogens is 479 g/mol. The van der Waals surface area contributed by atoms with Crippen molar-refractivity contribution in [3.05, 3.63) is 102 Å². The fourth-order valence-electron chi connectivity index (χ4n) is 5.30. The molecule has 1 aliphatic rings. The van der Waals surface area contributed by atoms with Gasteiger partial charge in [0.15, 0.2) is 0 Å². The number of fused-ring (bicyclic) bond motifs is 1. The largest absolute Gasteiger partial charge is 0.352 e. The van der Waals surface area contributed by atoms with Crippen LogP contribution in [0.25, 0.3) is 11.0 Å². The van der Waals surface area contributed by atoms with Crippen molar-refractivity contribution in [1.29, 1.82) is 0 Å². The summed E-state index contributed by atoms with van der Waals surface area (Å²) in [7, 11) is 0. The Morgan fingerprint density at radius 2 is 1.63 bits per heavy atom. The molecule has 1 fully saturated rings. The van der Waals surface area contributed by atoms with Crippen LogP contribution in [-0.2, 0) is 24.3 Å². The van der Waals surface area contributed by atoms with Crippen molar-refractivity contribution < 1.29 is 14.0 Å². The van der Waals surface area contributed by atoms with Crippen molar-refractivity contribution in [2.75, 3.05) is 6.54 Å². The number of aromatic nitrogens is 2. The lowest BCUT2D eigenvalue weighted by molar-refractivity contribution is -0.135. The molecule has 2 amide bonds. The van der Waals surface area contributed by atoms with Crippen LogP contribution in [0.4, 0.5) is 4.39 Å². The van der Waals surface area contributed by atoms with Crippen LogP contribution < -0.4 is 5.32 Å². The Bertz CT molecular complexity index is 1380. The molecule has 38 heavy (non-hydrogen) atoms. The van der Waals surface area contributed by atoms with E-state index in [1.54, 1.807) is 0 Å². The summed E-state index contributed by atoms with van der Waals surface area (Å²) in [6.45, 7) is 1.15. The monoisotopic (exact) mass is 512 g/mol. The normalized spacial score (nSPS) is 13.9. The van der Waals surface area contributed by atoms with E-state index in [2.05, 4.69) is 22.3 Å². The highest BCUT2D eigenvalue weighted by atomic mass is 19.1. The number of halogens is 1. The number of hydrogen-bond acceptors (Lipinski definition) is 3. The molecule has 1 N–H and O–H groups in total. The molecule has 1 heterocycles. The molecule has 0 radical (unpaired) electrons. The molecule has 5 rings (SSSR count). The van der Waals surface area contributed by atoms with Gasteiger partial charge < -0.3 is 14.8 Å². The number of rotatable bonds is 9. The number of imidazole rings is 1. The maximum Gasteiger partial charge on any atom is 0.251 e. The van der Waals surface area contributed by atoms with Gasteiger partial charge in [0.05, 0.1) is 11.0 Å². The minimum absolute atomic E-state index is 0.0838. The van der Waals surface area contributed by atoms with E-state index in [9.17, 15) is 14.0 Å². The van der Waals surface area contributed by atoms with Gasteiger partial charge in [0.1, 0.15) is 18.2 Å². The first-order valence-corrected chi connectivity index (χ1v) is 13.4. The van der Waals surface area contributed by atoms with Crippen LogP contribution in [0.3, 0.4) is 0 Å². The van der Waals surface area contributed by atoms with Crippen LogP contribution in [0.15, 0.2) is 78.9 Å². The van der Waals surface area contributed by atoms with Crippen LogP contribution in [0.2, 0.25) is 0 Å². The van der Waals surface area contributed by atoms with Crippen LogP contribution in [0.1, 0.15) is 53.8 Å². The van der Waals surface area contributed by atoms with Gasteiger partial charge in [-0.15, -0.1) is 0 Å². The molecule has 0 spiro atoms. The fourth-order valence-corrected chi connectivity index (χ4v) is 5.30. The Kier molecular flexibility index (Phi) is 8.12. The summed E-state index contributed by atoms with van der Waals surface area (Å²) in [6.07, 6.45) is 6.06. The predicted molar refractivity (Wildman–Crippen MR) is 146 cm³/mol. The highest BCUT2D eigenvalue weighted by molar-refractivity contribution is 5.94. The Morgan fingerprint density at radius 3 is 2.39 bits per heavy atom. The summed E-state index contributed by atoms with van der Waals surface area (Å²) in [4.78, 5) is 33.2. The van der Waals surface area contributed by atoms with Gasteiger partial charge >= 0.3 is 0 Å². The zero-order valence-corrected chi connectivity index (χ0v) is 21.5. The highest BCUT2D eigenvalue weighted by Crippen LogP contribution is 2.25. The third-order valence-electron chi connectivity index (χ3n) is 7.30. The topological polar surface area (TPSA) is 67.2 Å². The zero-order valence-electron chi connectivity index (χ0n) is 21.5. The van der Waals surface area contributed by atoms with E-state index in [0.717, 1.165) is 48.1 Å². The van der Waals surface area contributed by atoms with E-state index in [4.69, 9.17) is 4.98 Å². The number of hydrogen-bond donors (Lipinski definition) is 1. The third kappa shape index (κ3) is 6.10. The smallest absolute Gasteiger partial charge is 0.251 e. The number of nitrogens with zero attached hydrogens (tertiary/aromatic N) is 3. The Morgan fingerprint density at radius 1 is 0.921 bits per heavy atom.